The molecular weight excluding hydrogens is 542 g/mol. The Hall–Kier alpha value is -4.25. The predicted octanol–water partition coefficient (Wildman–Crippen LogP) is 6.77. The molecule has 1 amide bonds. The van der Waals surface area contributed by atoms with Gasteiger partial charge in [-0.3, -0.25) is 4.79 Å². The predicted molar refractivity (Wildman–Crippen MR) is 142 cm³/mol. The Balaban J connectivity index is 1.53. The van der Waals surface area contributed by atoms with Crippen LogP contribution in [0.4, 0.5) is 23.2 Å². The van der Waals surface area contributed by atoms with E-state index in [1.807, 2.05) is 0 Å². The van der Waals surface area contributed by atoms with Gasteiger partial charge >= 0.3 is 5.97 Å². The number of fused-ring (bicyclic) bond motifs is 1. The highest BCUT2D eigenvalue weighted by atomic mass is 19.2. The van der Waals surface area contributed by atoms with Crippen LogP contribution in [-0.4, -0.2) is 26.5 Å². The van der Waals surface area contributed by atoms with E-state index in [4.69, 9.17) is 9.84 Å². The third kappa shape index (κ3) is 6.25. The molecule has 3 aromatic carbocycles. The highest BCUT2D eigenvalue weighted by Gasteiger charge is 2.35. The van der Waals surface area contributed by atoms with E-state index < -0.39 is 41.2 Å². The summed E-state index contributed by atoms with van der Waals surface area (Å²) >= 11 is 0. The van der Waals surface area contributed by atoms with Crippen molar-refractivity contribution in [3.63, 3.8) is 0 Å². The molecule has 1 unspecified atom stereocenters. The minimum Gasteiger partial charge on any atom is -0.478 e. The summed E-state index contributed by atoms with van der Waals surface area (Å²) in [5.41, 5.74) is 0.499. The number of carbonyl (C=O) groups excluding carboxylic acids is 1. The second-order valence-corrected chi connectivity index (χ2v) is 10.1. The van der Waals surface area contributed by atoms with E-state index in [0.717, 1.165) is 37.5 Å². The number of rotatable bonds is 9. The third-order valence-electron chi connectivity index (χ3n) is 7.33. The number of anilines is 1. The number of benzene rings is 3. The van der Waals surface area contributed by atoms with Crippen molar-refractivity contribution in [2.24, 2.45) is 5.92 Å². The number of aromatic nitrogens is 2. The zero-order valence-electron chi connectivity index (χ0n) is 21.9. The van der Waals surface area contributed by atoms with Gasteiger partial charge in [0.15, 0.2) is 11.6 Å². The van der Waals surface area contributed by atoms with Crippen molar-refractivity contribution in [2.45, 2.75) is 51.4 Å². The Kier molecular flexibility index (Phi) is 8.34. The van der Waals surface area contributed by atoms with Crippen molar-refractivity contribution < 1.29 is 37.0 Å². The summed E-state index contributed by atoms with van der Waals surface area (Å²) in [7, 11) is 0. The zero-order valence-corrected chi connectivity index (χ0v) is 21.9. The molecule has 1 aliphatic carbocycles. The van der Waals surface area contributed by atoms with Crippen molar-refractivity contribution in [2.75, 3.05) is 5.32 Å². The fraction of sp³-hybridized carbons (Fsp3) is 0.300. The summed E-state index contributed by atoms with van der Waals surface area (Å²) in [6, 6.07) is 9.82. The first-order valence-corrected chi connectivity index (χ1v) is 13.2. The number of hydrogen-bond acceptors (Lipinski definition) is 4. The monoisotopic (exact) mass is 569 g/mol. The van der Waals surface area contributed by atoms with Gasteiger partial charge in [0.2, 0.25) is 5.91 Å². The molecule has 1 heterocycles. The van der Waals surface area contributed by atoms with Gasteiger partial charge < -0.3 is 19.7 Å². The van der Waals surface area contributed by atoms with Crippen molar-refractivity contribution >= 4 is 28.6 Å². The summed E-state index contributed by atoms with van der Waals surface area (Å²) in [6.07, 6.45) is 4.01. The number of halogens is 4. The fourth-order valence-corrected chi connectivity index (χ4v) is 5.34. The van der Waals surface area contributed by atoms with E-state index in [-0.39, 0.29) is 47.2 Å². The molecule has 4 aromatic rings. The summed E-state index contributed by atoms with van der Waals surface area (Å²) in [5.74, 6) is -5.45. The van der Waals surface area contributed by atoms with E-state index in [0.29, 0.717) is 18.4 Å². The van der Waals surface area contributed by atoms with Crippen LogP contribution in [0.3, 0.4) is 0 Å². The van der Waals surface area contributed by atoms with Crippen LogP contribution in [0.1, 0.15) is 59.9 Å². The van der Waals surface area contributed by atoms with Gasteiger partial charge in [0, 0.05) is 12.1 Å². The first-order chi connectivity index (χ1) is 19.7. The molecule has 2 N–H and O–H groups in total. The third-order valence-corrected chi connectivity index (χ3v) is 7.33. The van der Waals surface area contributed by atoms with E-state index >= 15 is 0 Å². The van der Waals surface area contributed by atoms with Crippen LogP contribution in [-0.2, 0) is 22.7 Å². The fourth-order valence-electron chi connectivity index (χ4n) is 5.34. The SMILES string of the molecule is O=C(O)c1ccc(NC(=O)C(C2CCCCC2)n2c(COCc3ccc(F)cc3)nc3cc(F)c(F)cc32)c(F)c1. The molecular formula is C30H27F4N3O4. The van der Waals surface area contributed by atoms with Gasteiger partial charge in [-0.1, -0.05) is 31.4 Å². The molecule has 41 heavy (non-hydrogen) atoms. The average Bonchev–Trinajstić information content (AvgIpc) is 3.28. The number of imidazole rings is 1. The molecule has 11 heteroatoms. The normalized spacial score (nSPS) is 14.7. The van der Waals surface area contributed by atoms with Gasteiger partial charge in [-0.2, -0.15) is 0 Å². The summed E-state index contributed by atoms with van der Waals surface area (Å²) in [5, 5.41) is 11.7. The molecule has 0 bridgehead atoms. The van der Waals surface area contributed by atoms with Crippen molar-refractivity contribution in [1.29, 1.82) is 0 Å². The van der Waals surface area contributed by atoms with E-state index in [1.165, 1.54) is 28.8 Å². The van der Waals surface area contributed by atoms with Crippen LogP contribution >= 0.6 is 0 Å². The van der Waals surface area contributed by atoms with Gasteiger partial charge in [0.1, 0.15) is 30.1 Å². The van der Waals surface area contributed by atoms with Crippen LogP contribution in [0, 0.1) is 29.2 Å². The summed E-state index contributed by atoms with van der Waals surface area (Å²) in [4.78, 5) is 29.5. The lowest BCUT2D eigenvalue weighted by Crippen LogP contribution is -2.34. The van der Waals surface area contributed by atoms with Crippen LogP contribution < -0.4 is 5.32 Å². The number of nitrogens with one attached hydrogen (secondary N) is 1. The summed E-state index contributed by atoms with van der Waals surface area (Å²) < 4.78 is 64.1. The lowest BCUT2D eigenvalue weighted by Gasteiger charge is -2.32. The lowest BCUT2D eigenvalue weighted by molar-refractivity contribution is -0.121. The number of carbonyl (C=O) groups is 2. The summed E-state index contributed by atoms with van der Waals surface area (Å²) in [6.45, 7) is -0.0406. The smallest absolute Gasteiger partial charge is 0.335 e. The minimum atomic E-state index is -1.31. The Morgan fingerprint density at radius 2 is 1.63 bits per heavy atom. The molecule has 0 spiro atoms. The van der Waals surface area contributed by atoms with Gasteiger partial charge in [0.05, 0.1) is 28.9 Å². The molecule has 1 fully saturated rings. The maximum atomic E-state index is 14.8. The molecule has 1 aliphatic rings. The van der Waals surface area contributed by atoms with Crippen LogP contribution in [0.25, 0.3) is 11.0 Å². The second kappa shape index (κ2) is 12.1. The number of carboxylic acids is 1. The Labute approximate surface area is 232 Å². The van der Waals surface area contributed by atoms with Gasteiger partial charge in [-0.05, 0) is 54.7 Å². The maximum Gasteiger partial charge on any atom is 0.335 e. The molecule has 1 saturated carbocycles. The molecule has 0 radical (unpaired) electrons. The molecule has 0 saturated heterocycles. The molecule has 214 valence electrons. The number of hydrogen-bond donors (Lipinski definition) is 2. The molecule has 1 atom stereocenters. The maximum absolute atomic E-state index is 14.8. The van der Waals surface area contributed by atoms with Crippen LogP contribution in [0.5, 0.6) is 0 Å². The number of amides is 1. The Morgan fingerprint density at radius 3 is 2.32 bits per heavy atom. The minimum absolute atomic E-state index is 0.0909. The number of carboxylic acid groups (broad SMARTS) is 1. The van der Waals surface area contributed by atoms with Gasteiger partial charge in [0.25, 0.3) is 0 Å². The first kappa shape index (κ1) is 28.3. The molecule has 7 nitrogen and oxygen atoms in total. The Morgan fingerprint density at radius 1 is 0.927 bits per heavy atom. The molecule has 5 rings (SSSR count). The molecule has 1 aromatic heterocycles. The number of ether oxygens (including phenoxy) is 1. The Bertz CT molecular complexity index is 1580. The van der Waals surface area contributed by atoms with Crippen LogP contribution in [0.15, 0.2) is 54.6 Å². The van der Waals surface area contributed by atoms with Crippen LogP contribution in [0.2, 0.25) is 0 Å². The van der Waals surface area contributed by atoms with E-state index in [9.17, 15) is 27.2 Å². The standard InChI is InChI=1S/C30H27F4N3O4/c31-20-9-6-17(7-10-20)15-41-16-27-35-25-13-21(32)22(33)14-26(25)37(27)28(18-4-2-1-3-5-18)29(38)36-24-11-8-19(30(39)40)12-23(24)34/h6-14,18,28H,1-5,15-16H2,(H,36,38)(H,39,40). The topological polar surface area (TPSA) is 93.5 Å². The van der Waals surface area contributed by atoms with E-state index in [2.05, 4.69) is 10.3 Å². The second-order valence-electron chi connectivity index (χ2n) is 10.1. The van der Waals surface area contributed by atoms with Crippen molar-refractivity contribution in [1.82, 2.24) is 9.55 Å². The lowest BCUT2D eigenvalue weighted by atomic mass is 9.83. The average molecular weight is 570 g/mol. The highest BCUT2D eigenvalue weighted by molar-refractivity contribution is 5.96. The first-order valence-electron chi connectivity index (χ1n) is 13.2. The van der Waals surface area contributed by atoms with Crippen molar-refractivity contribution in [3.05, 3.63) is 94.8 Å². The highest BCUT2D eigenvalue weighted by Crippen LogP contribution is 2.37. The van der Waals surface area contributed by atoms with E-state index in [1.54, 1.807) is 12.1 Å². The van der Waals surface area contributed by atoms with Gasteiger partial charge in [-0.25, -0.2) is 27.3 Å². The number of aromatic carboxylic acids is 1. The zero-order chi connectivity index (χ0) is 29.1. The number of nitrogens with zero attached hydrogens (tertiary/aromatic N) is 2. The van der Waals surface area contributed by atoms with Gasteiger partial charge in [-0.15, -0.1) is 0 Å². The van der Waals surface area contributed by atoms with Crippen molar-refractivity contribution in [3.8, 4) is 0 Å². The quantitative estimate of drug-likeness (QED) is 0.217. The largest absolute Gasteiger partial charge is 0.478 e. The molecule has 0 aliphatic heterocycles.